The molecule has 1 N–H and O–H groups in total. The molecule has 2 aliphatic heterocycles. The lowest BCUT2D eigenvalue weighted by Gasteiger charge is -2.39. The lowest BCUT2D eigenvalue weighted by molar-refractivity contribution is -0.274. The number of ether oxygens (including phenoxy) is 1. The Hall–Kier alpha value is -3.44. The quantitative estimate of drug-likeness (QED) is 0.518. The maximum Gasteiger partial charge on any atom is 0.573 e. The van der Waals surface area contributed by atoms with E-state index >= 15 is 0 Å². The molecule has 2 aliphatic rings. The molecule has 4 heterocycles. The Morgan fingerprint density at radius 1 is 1.11 bits per heavy atom. The second-order valence-corrected chi connectivity index (χ2v) is 9.75. The van der Waals surface area contributed by atoms with Gasteiger partial charge in [0.1, 0.15) is 23.0 Å². The minimum absolute atomic E-state index is 0.153. The third-order valence-corrected chi connectivity index (χ3v) is 7.41. The fourth-order valence-electron chi connectivity index (χ4n) is 5.62. The summed E-state index contributed by atoms with van der Waals surface area (Å²) in [5.74, 6) is -0.206. The fraction of sp³-hybridized carbons (Fsp3) is 0.444. The highest BCUT2D eigenvalue weighted by Gasteiger charge is 2.35. The first-order valence-electron chi connectivity index (χ1n) is 12.7. The van der Waals surface area contributed by atoms with E-state index in [0.29, 0.717) is 47.5 Å². The molecule has 0 bridgehead atoms. The number of aliphatic hydroxyl groups excluding tert-OH is 1. The van der Waals surface area contributed by atoms with Gasteiger partial charge in [-0.05, 0) is 56.5 Å². The maximum absolute atomic E-state index is 13.9. The van der Waals surface area contributed by atoms with Crippen molar-refractivity contribution in [2.75, 3.05) is 26.2 Å². The van der Waals surface area contributed by atoms with Crippen LogP contribution in [0.1, 0.15) is 36.2 Å². The maximum atomic E-state index is 13.9. The summed E-state index contributed by atoms with van der Waals surface area (Å²) in [4.78, 5) is 26.9. The SMILES string of the molecule is Cn1c(-c2cccc(OC(F)(F)F)c2)nc(-c2cccnc2)c1C(=O)N1CCC(N2CCC[C@@H]2CO)CC1. The van der Waals surface area contributed by atoms with E-state index in [1.807, 2.05) is 4.90 Å². The van der Waals surface area contributed by atoms with E-state index in [9.17, 15) is 23.1 Å². The molecule has 202 valence electrons. The minimum atomic E-state index is -4.82. The molecular weight excluding hydrogens is 499 g/mol. The first kappa shape index (κ1) is 26.2. The first-order valence-corrected chi connectivity index (χ1v) is 12.7. The number of halogens is 3. The topological polar surface area (TPSA) is 83.7 Å². The van der Waals surface area contributed by atoms with Gasteiger partial charge in [-0.2, -0.15) is 0 Å². The van der Waals surface area contributed by atoms with Crippen molar-refractivity contribution in [3.8, 4) is 28.4 Å². The van der Waals surface area contributed by atoms with Gasteiger partial charge in [0, 0.05) is 55.7 Å². The molecule has 1 atom stereocenters. The van der Waals surface area contributed by atoms with Gasteiger partial charge >= 0.3 is 6.36 Å². The van der Waals surface area contributed by atoms with Crippen LogP contribution in [0.4, 0.5) is 13.2 Å². The molecule has 38 heavy (non-hydrogen) atoms. The van der Waals surface area contributed by atoms with E-state index < -0.39 is 6.36 Å². The molecule has 5 rings (SSSR count). The molecule has 0 radical (unpaired) electrons. The number of alkyl halides is 3. The lowest BCUT2D eigenvalue weighted by atomic mass is 10.0. The number of aromatic nitrogens is 3. The van der Waals surface area contributed by atoms with Gasteiger partial charge in [0.15, 0.2) is 0 Å². The summed E-state index contributed by atoms with van der Waals surface area (Å²) in [5, 5.41) is 9.71. The summed E-state index contributed by atoms with van der Waals surface area (Å²) >= 11 is 0. The molecule has 2 saturated heterocycles. The summed E-state index contributed by atoms with van der Waals surface area (Å²) in [6.45, 7) is 2.26. The summed E-state index contributed by atoms with van der Waals surface area (Å²) in [6.07, 6.45) is 2.11. The molecule has 0 unspecified atom stereocenters. The van der Waals surface area contributed by atoms with Gasteiger partial charge in [0.25, 0.3) is 5.91 Å². The van der Waals surface area contributed by atoms with Crippen LogP contribution < -0.4 is 4.74 Å². The zero-order valence-electron chi connectivity index (χ0n) is 21.1. The summed E-state index contributed by atoms with van der Waals surface area (Å²) < 4.78 is 44.2. The van der Waals surface area contributed by atoms with Crippen molar-refractivity contribution in [2.24, 2.45) is 7.05 Å². The number of pyridine rings is 1. The standard InChI is InChI=1S/C27H30F3N5O3/c1-33-24(26(37)34-13-9-20(10-14-34)35-12-4-7-21(35)17-36)23(19-6-3-11-31-16-19)32-25(33)18-5-2-8-22(15-18)38-27(28,29)30/h2-3,5-6,8,11,15-16,20-21,36H,4,7,9-10,12-14,17H2,1H3/t21-/m1/s1. The van der Waals surface area contributed by atoms with E-state index in [1.165, 1.54) is 18.2 Å². The second-order valence-electron chi connectivity index (χ2n) is 9.75. The fourth-order valence-corrected chi connectivity index (χ4v) is 5.62. The molecular formula is C27H30F3N5O3. The number of benzene rings is 1. The number of imidazole rings is 1. The third-order valence-electron chi connectivity index (χ3n) is 7.41. The number of rotatable bonds is 6. The molecule has 2 aromatic heterocycles. The van der Waals surface area contributed by atoms with Gasteiger partial charge in [-0.25, -0.2) is 4.98 Å². The Bertz CT molecular complexity index is 1270. The molecule has 2 fully saturated rings. The van der Waals surface area contributed by atoms with E-state index in [4.69, 9.17) is 4.98 Å². The molecule has 0 saturated carbocycles. The predicted molar refractivity (Wildman–Crippen MR) is 134 cm³/mol. The Morgan fingerprint density at radius 3 is 2.55 bits per heavy atom. The number of likely N-dealkylation sites (tertiary alicyclic amines) is 2. The van der Waals surface area contributed by atoms with E-state index in [1.54, 1.807) is 42.2 Å². The first-order chi connectivity index (χ1) is 18.2. The van der Waals surface area contributed by atoms with Crippen LogP contribution >= 0.6 is 0 Å². The van der Waals surface area contributed by atoms with Crippen molar-refractivity contribution in [2.45, 2.75) is 44.1 Å². The average molecular weight is 530 g/mol. The molecule has 3 aromatic rings. The highest BCUT2D eigenvalue weighted by Crippen LogP contribution is 2.33. The van der Waals surface area contributed by atoms with Crippen molar-refractivity contribution in [3.05, 3.63) is 54.5 Å². The van der Waals surface area contributed by atoms with Crippen LogP contribution in [0.2, 0.25) is 0 Å². The molecule has 1 aromatic carbocycles. The number of carbonyl (C=O) groups excluding carboxylic acids is 1. The minimum Gasteiger partial charge on any atom is -0.406 e. The normalized spacial score (nSPS) is 19.2. The van der Waals surface area contributed by atoms with E-state index in [-0.39, 0.29) is 24.3 Å². The van der Waals surface area contributed by atoms with Crippen molar-refractivity contribution < 1.29 is 27.8 Å². The Labute approximate surface area is 218 Å². The summed E-state index contributed by atoms with van der Waals surface area (Å²) in [7, 11) is 1.69. The highest BCUT2D eigenvalue weighted by molar-refractivity contribution is 5.99. The van der Waals surface area contributed by atoms with Crippen LogP contribution in [0, 0.1) is 0 Å². The third kappa shape index (κ3) is 5.39. The van der Waals surface area contributed by atoms with Crippen LogP contribution in [0.25, 0.3) is 22.6 Å². The highest BCUT2D eigenvalue weighted by atomic mass is 19.4. The Kier molecular flexibility index (Phi) is 7.40. The molecule has 0 spiro atoms. The van der Waals surface area contributed by atoms with Gasteiger partial charge in [-0.1, -0.05) is 12.1 Å². The van der Waals surface area contributed by atoms with Gasteiger partial charge in [-0.3, -0.25) is 14.7 Å². The molecule has 11 heteroatoms. The molecule has 1 amide bonds. The van der Waals surface area contributed by atoms with Crippen molar-refractivity contribution in [3.63, 3.8) is 0 Å². The smallest absolute Gasteiger partial charge is 0.406 e. The van der Waals surface area contributed by atoms with Crippen molar-refractivity contribution >= 4 is 5.91 Å². The van der Waals surface area contributed by atoms with Gasteiger partial charge in [0.05, 0.1) is 6.61 Å². The van der Waals surface area contributed by atoms with E-state index in [0.717, 1.165) is 32.2 Å². The summed E-state index contributed by atoms with van der Waals surface area (Å²) in [6, 6.07) is 9.63. The number of hydrogen-bond acceptors (Lipinski definition) is 6. The van der Waals surface area contributed by atoms with Crippen LogP contribution in [0.3, 0.4) is 0 Å². The lowest BCUT2D eigenvalue weighted by Crippen LogP contribution is -2.49. The zero-order chi connectivity index (χ0) is 26.9. The van der Waals surface area contributed by atoms with E-state index in [2.05, 4.69) is 14.6 Å². The van der Waals surface area contributed by atoms with Crippen LogP contribution in [0.5, 0.6) is 5.75 Å². The van der Waals surface area contributed by atoms with Crippen molar-refractivity contribution in [1.29, 1.82) is 0 Å². The number of piperidine rings is 1. The Balaban J connectivity index is 1.44. The van der Waals surface area contributed by atoms with Crippen LogP contribution in [0.15, 0.2) is 48.8 Å². The van der Waals surface area contributed by atoms with Crippen LogP contribution in [-0.4, -0.2) is 80.0 Å². The summed E-state index contributed by atoms with van der Waals surface area (Å²) in [5.41, 5.74) is 1.80. The number of carbonyl (C=O) groups is 1. The zero-order valence-corrected chi connectivity index (χ0v) is 21.1. The van der Waals surface area contributed by atoms with Gasteiger partial charge < -0.3 is 19.3 Å². The average Bonchev–Trinajstić information content (AvgIpc) is 3.52. The number of amides is 1. The van der Waals surface area contributed by atoms with Gasteiger partial charge in [0.2, 0.25) is 0 Å². The monoisotopic (exact) mass is 529 g/mol. The largest absolute Gasteiger partial charge is 0.573 e. The second kappa shape index (κ2) is 10.7. The molecule has 0 aliphatic carbocycles. The Morgan fingerprint density at radius 2 is 1.87 bits per heavy atom. The van der Waals surface area contributed by atoms with Crippen molar-refractivity contribution in [1.82, 2.24) is 24.3 Å². The van der Waals surface area contributed by atoms with Gasteiger partial charge in [-0.15, -0.1) is 13.2 Å². The predicted octanol–water partition coefficient (Wildman–Crippen LogP) is 4.11. The number of nitrogens with zero attached hydrogens (tertiary/aromatic N) is 5. The van der Waals surface area contributed by atoms with Crippen LogP contribution in [-0.2, 0) is 7.05 Å². The number of aliphatic hydroxyl groups is 1. The number of hydrogen-bond donors (Lipinski definition) is 1. The molecule has 8 nitrogen and oxygen atoms in total.